The Hall–Kier alpha value is -2.89. The van der Waals surface area contributed by atoms with Crippen LogP contribution >= 0.6 is 0 Å². The Labute approximate surface area is 194 Å². The molecule has 174 valence electrons. The summed E-state index contributed by atoms with van der Waals surface area (Å²) in [5.41, 5.74) is 1.03. The Bertz CT molecular complexity index is 1040. The summed E-state index contributed by atoms with van der Waals surface area (Å²) in [5.74, 6) is -0.428. The van der Waals surface area contributed by atoms with E-state index in [4.69, 9.17) is 4.74 Å². The summed E-state index contributed by atoms with van der Waals surface area (Å²) in [5, 5.41) is 0. The summed E-state index contributed by atoms with van der Waals surface area (Å²) in [6.07, 6.45) is 4.48. The Kier molecular flexibility index (Phi) is 5.63. The highest BCUT2D eigenvalue weighted by atomic mass is 19.1. The summed E-state index contributed by atoms with van der Waals surface area (Å²) in [6, 6.07) is 16.4. The van der Waals surface area contributed by atoms with Gasteiger partial charge in [-0.3, -0.25) is 9.59 Å². The maximum absolute atomic E-state index is 14.0. The molecule has 0 unspecified atom stereocenters. The van der Waals surface area contributed by atoms with Gasteiger partial charge in [0.1, 0.15) is 0 Å². The fourth-order valence-corrected chi connectivity index (χ4v) is 6.77. The highest BCUT2D eigenvalue weighted by molar-refractivity contribution is 5.80. The number of amides is 2. The number of rotatable bonds is 5. The molecule has 2 bridgehead atoms. The maximum Gasteiger partial charge on any atom is 0.261 e. The van der Waals surface area contributed by atoms with Gasteiger partial charge in [-0.1, -0.05) is 49.4 Å². The fourth-order valence-electron chi connectivity index (χ4n) is 6.77. The molecule has 2 saturated heterocycles. The molecular formula is C27H31FN2O3. The number of benzene rings is 2. The highest BCUT2D eigenvalue weighted by Crippen LogP contribution is 2.56. The van der Waals surface area contributed by atoms with Crippen LogP contribution in [-0.4, -0.2) is 52.4 Å². The molecule has 6 heteroatoms. The number of ether oxygens (including phenoxy) is 1. The summed E-state index contributed by atoms with van der Waals surface area (Å²) >= 11 is 0. The normalized spacial score (nSPS) is 30.3. The fraction of sp³-hybridized carbons (Fsp3) is 0.481. The van der Waals surface area contributed by atoms with Crippen LogP contribution in [0.4, 0.5) is 4.39 Å². The number of fused-ring (bicyclic) bond motifs is 1. The molecule has 1 aliphatic carbocycles. The lowest BCUT2D eigenvalue weighted by Gasteiger charge is -2.52. The van der Waals surface area contributed by atoms with Crippen LogP contribution in [0.25, 0.3) is 0 Å². The number of piperidine rings is 1. The van der Waals surface area contributed by atoms with E-state index in [9.17, 15) is 14.0 Å². The van der Waals surface area contributed by atoms with E-state index >= 15 is 0 Å². The van der Waals surface area contributed by atoms with Crippen molar-refractivity contribution >= 4 is 11.8 Å². The number of nitrogens with zero attached hydrogens (tertiary/aromatic N) is 2. The molecule has 1 saturated carbocycles. The summed E-state index contributed by atoms with van der Waals surface area (Å²) < 4.78 is 19.7. The molecule has 0 radical (unpaired) electrons. The molecule has 0 spiro atoms. The SMILES string of the molecule is CC(=O)N1[C@H](Cc2ccccc2)[C@@H]2C[C@@]3(C)[C@H](CCC[C@@H]13)N2C(=O)COc1ccccc1F. The minimum absolute atomic E-state index is 0.0700. The first kappa shape index (κ1) is 21.9. The largest absolute Gasteiger partial charge is 0.481 e. The van der Waals surface area contributed by atoms with Gasteiger partial charge in [-0.2, -0.15) is 0 Å². The molecule has 2 heterocycles. The molecule has 5 rings (SSSR count). The average molecular weight is 451 g/mol. The van der Waals surface area contributed by atoms with Crippen molar-refractivity contribution in [3.05, 3.63) is 66.0 Å². The second-order valence-corrected chi connectivity index (χ2v) is 9.94. The third kappa shape index (κ3) is 3.69. The van der Waals surface area contributed by atoms with E-state index < -0.39 is 5.82 Å². The van der Waals surface area contributed by atoms with Crippen LogP contribution < -0.4 is 4.74 Å². The van der Waals surface area contributed by atoms with E-state index in [1.165, 1.54) is 6.07 Å². The van der Waals surface area contributed by atoms with Gasteiger partial charge in [-0.15, -0.1) is 0 Å². The second kappa shape index (κ2) is 8.47. The van der Waals surface area contributed by atoms with Gasteiger partial charge >= 0.3 is 0 Å². The third-order valence-corrected chi connectivity index (χ3v) is 8.08. The minimum atomic E-state index is -0.472. The number of para-hydroxylation sites is 1. The topological polar surface area (TPSA) is 49.9 Å². The highest BCUT2D eigenvalue weighted by Gasteiger charge is 2.64. The maximum atomic E-state index is 14.0. The van der Waals surface area contributed by atoms with Gasteiger partial charge in [0.05, 0.1) is 12.1 Å². The van der Waals surface area contributed by atoms with E-state index in [0.29, 0.717) is 6.42 Å². The lowest BCUT2D eigenvalue weighted by atomic mass is 9.64. The van der Waals surface area contributed by atoms with Crippen molar-refractivity contribution in [2.45, 2.75) is 70.1 Å². The zero-order valence-corrected chi connectivity index (χ0v) is 19.2. The van der Waals surface area contributed by atoms with Gasteiger partial charge in [-0.05, 0) is 49.8 Å². The van der Waals surface area contributed by atoms with Gasteiger partial charge in [-0.25, -0.2) is 4.39 Å². The van der Waals surface area contributed by atoms with Crippen molar-refractivity contribution in [1.82, 2.24) is 9.80 Å². The minimum Gasteiger partial charge on any atom is -0.481 e. The van der Waals surface area contributed by atoms with Crippen LogP contribution in [0, 0.1) is 11.2 Å². The monoisotopic (exact) mass is 450 g/mol. The Morgan fingerprint density at radius 3 is 2.39 bits per heavy atom. The first-order valence-corrected chi connectivity index (χ1v) is 11.9. The van der Waals surface area contributed by atoms with E-state index in [0.717, 1.165) is 31.2 Å². The molecule has 3 aliphatic rings. The van der Waals surface area contributed by atoms with Gasteiger partial charge in [0, 0.05) is 24.4 Å². The summed E-state index contributed by atoms with van der Waals surface area (Å²) in [6.45, 7) is 3.70. The number of carbonyl (C=O) groups excluding carboxylic acids is 2. The van der Waals surface area contributed by atoms with Crippen molar-refractivity contribution in [1.29, 1.82) is 0 Å². The standard InChI is InChI=1S/C27H31FN2O3/c1-18(31)29-21(15-19-9-4-3-5-10-19)22-16-27(2)24(29)13-8-14-25(27)30(22)26(32)17-33-23-12-7-6-11-20(23)28/h3-7,9-12,21-22,24-25H,8,13-17H2,1-2H3/t21-,22+,24-,25+,27-/m1/s1. The molecule has 5 nitrogen and oxygen atoms in total. The summed E-state index contributed by atoms with van der Waals surface area (Å²) in [4.78, 5) is 30.6. The van der Waals surface area contributed by atoms with E-state index in [1.807, 2.05) is 23.1 Å². The predicted molar refractivity (Wildman–Crippen MR) is 123 cm³/mol. The summed E-state index contributed by atoms with van der Waals surface area (Å²) in [7, 11) is 0. The molecule has 2 aromatic carbocycles. The quantitative estimate of drug-likeness (QED) is 0.686. The Balaban J connectivity index is 1.47. The molecule has 2 aromatic rings. The molecule has 3 fully saturated rings. The molecule has 2 aliphatic heterocycles. The molecule has 2 amide bonds. The van der Waals surface area contributed by atoms with Gasteiger partial charge in [0.15, 0.2) is 18.2 Å². The van der Waals surface area contributed by atoms with Crippen molar-refractivity contribution in [3.8, 4) is 5.75 Å². The number of carbonyl (C=O) groups is 2. The molecule has 0 aromatic heterocycles. The van der Waals surface area contributed by atoms with Crippen LogP contribution in [0.3, 0.4) is 0 Å². The second-order valence-electron chi connectivity index (χ2n) is 9.94. The van der Waals surface area contributed by atoms with Crippen molar-refractivity contribution in [2.75, 3.05) is 6.61 Å². The predicted octanol–water partition coefficient (Wildman–Crippen LogP) is 4.21. The van der Waals surface area contributed by atoms with Crippen molar-refractivity contribution in [2.24, 2.45) is 5.41 Å². The first-order chi connectivity index (χ1) is 15.9. The van der Waals surface area contributed by atoms with E-state index in [2.05, 4.69) is 24.0 Å². The van der Waals surface area contributed by atoms with Crippen molar-refractivity contribution in [3.63, 3.8) is 0 Å². The smallest absolute Gasteiger partial charge is 0.261 e. The number of halogens is 1. The van der Waals surface area contributed by atoms with Gasteiger partial charge in [0.25, 0.3) is 5.91 Å². The first-order valence-electron chi connectivity index (χ1n) is 11.9. The van der Waals surface area contributed by atoms with Crippen LogP contribution in [0.5, 0.6) is 5.75 Å². The molecule has 0 N–H and O–H groups in total. The zero-order valence-electron chi connectivity index (χ0n) is 19.2. The molecule has 5 atom stereocenters. The van der Waals surface area contributed by atoms with Gasteiger partial charge in [0.2, 0.25) is 5.91 Å². The Morgan fingerprint density at radius 1 is 1.03 bits per heavy atom. The van der Waals surface area contributed by atoms with Crippen LogP contribution in [0.1, 0.15) is 45.1 Å². The van der Waals surface area contributed by atoms with Crippen LogP contribution in [-0.2, 0) is 16.0 Å². The van der Waals surface area contributed by atoms with Gasteiger partial charge < -0.3 is 14.5 Å². The van der Waals surface area contributed by atoms with Crippen molar-refractivity contribution < 1.29 is 18.7 Å². The number of likely N-dealkylation sites (tertiary alicyclic amines) is 2. The van der Waals surface area contributed by atoms with E-state index in [-0.39, 0.29) is 53.8 Å². The zero-order chi connectivity index (χ0) is 23.2. The number of hydrogen-bond acceptors (Lipinski definition) is 3. The molecule has 33 heavy (non-hydrogen) atoms. The number of hydrogen-bond donors (Lipinski definition) is 0. The lowest BCUT2D eigenvalue weighted by Crippen LogP contribution is -2.62. The average Bonchev–Trinajstić information content (AvgIpc) is 3.11. The van der Waals surface area contributed by atoms with E-state index in [1.54, 1.807) is 25.1 Å². The Morgan fingerprint density at radius 2 is 1.70 bits per heavy atom. The van der Waals surface area contributed by atoms with Crippen LogP contribution in [0.2, 0.25) is 0 Å². The molecular weight excluding hydrogens is 419 g/mol. The van der Waals surface area contributed by atoms with Crippen LogP contribution in [0.15, 0.2) is 54.6 Å². The lowest BCUT2D eigenvalue weighted by molar-refractivity contribution is -0.143. The third-order valence-electron chi connectivity index (χ3n) is 8.08.